The standard InChI is InChI=1S/C32H33N5O5S/c1-5-6-11-30-34-28(27-17-16-25(18-33-27)32(38)41-4)20-37(30)19-23-12-14-24(15-13-23)26-9-7-8-10-29(26)43(39,40)36-31-21(2)22(3)42-35-31/h7-10,12-18,20H,5-6,11,19H2,1-4H3,(H,35,36). The fraction of sp³-hybridized carbons (Fsp3) is 0.250. The van der Waals surface area contributed by atoms with Crippen molar-refractivity contribution in [2.24, 2.45) is 0 Å². The van der Waals surface area contributed by atoms with Gasteiger partial charge in [-0.3, -0.25) is 9.71 Å². The summed E-state index contributed by atoms with van der Waals surface area (Å²) >= 11 is 0. The van der Waals surface area contributed by atoms with Crippen molar-refractivity contribution in [3.8, 4) is 22.5 Å². The number of imidazole rings is 1. The Balaban J connectivity index is 1.39. The van der Waals surface area contributed by atoms with Crippen LogP contribution in [-0.2, 0) is 27.7 Å². The summed E-state index contributed by atoms with van der Waals surface area (Å²) in [4.78, 5) is 21.2. The van der Waals surface area contributed by atoms with Crippen LogP contribution in [0.2, 0.25) is 0 Å². The number of sulfonamides is 1. The van der Waals surface area contributed by atoms with Crippen LogP contribution >= 0.6 is 0 Å². The number of methoxy groups -OCH3 is 1. The van der Waals surface area contributed by atoms with E-state index in [2.05, 4.69) is 26.4 Å². The summed E-state index contributed by atoms with van der Waals surface area (Å²) in [5.41, 5.74) is 4.79. The van der Waals surface area contributed by atoms with Gasteiger partial charge in [-0.05, 0) is 49.6 Å². The first kappa shape index (κ1) is 29.7. The highest BCUT2D eigenvalue weighted by Crippen LogP contribution is 2.30. The molecule has 0 aliphatic rings. The molecular formula is C32H33N5O5S. The molecule has 0 amide bonds. The van der Waals surface area contributed by atoms with Gasteiger partial charge in [0.2, 0.25) is 0 Å². The molecule has 5 rings (SSSR count). The minimum absolute atomic E-state index is 0.148. The predicted molar refractivity (Wildman–Crippen MR) is 163 cm³/mol. The van der Waals surface area contributed by atoms with Crippen molar-refractivity contribution in [3.05, 3.63) is 101 Å². The third-order valence-electron chi connectivity index (χ3n) is 7.24. The third-order valence-corrected chi connectivity index (χ3v) is 8.64. The number of ether oxygens (including phenoxy) is 1. The van der Waals surface area contributed by atoms with Gasteiger partial charge in [0.05, 0.1) is 23.3 Å². The molecule has 11 heteroatoms. The molecule has 0 spiro atoms. The zero-order valence-corrected chi connectivity index (χ0v) is 25.3. The molecule has 43 heavy (non-hydrogen) atoms. The van der Waals surface area contributed by atoms with E-state index in [1.807, 2.05) is 36.5 Å². The molecule has 10 nitrogen and oxygen atoms in total. The Morgan fingerprint density at radius 1 is 1.02 bits per heavy atom. The van der Waals surface area contributed by atoms with E-state index in [-0.39, 0.29) is 10.7 Å². The molecule has 0 unspecified atom stereocenters. The lowest BCUT2D eigenvalue weighted by atomic mass is 10.0. The van der Waals surface area contributed by atoms with Crippen molar-refractivity contribution in [2.45, 2.75) is 51.5 Å². The number of nitrogens with zero attached hydrogens (tertiary/aromatic N) is 4. The largest absolute Gasteiger partial charge is 0.465 e. The number of aromatic nitrogens is 4. The van der Waals surface area contributed by atoms with E-state index in [0.717, 1.165) is 41.9 Å². The lowest BCUT2D eigenvalue weighted by molar-refractivity contribution is 0.0600. The van der Waals surface area contributed by atoms with Gasteiger partial charge in [-0.2, -0.15) is 0 Å². The molecule has 0 bridgehead atoms. The number of nitrogens with one attached hydrogen (secondary N) is 1. The van der Waals surface area contributed by atoms with Crippen molar-refractivity contribution in [3.63, 3.8) is 0 Å². The summed E-state index contributed by atoms with van der Waals surface area (Å²) in [6, 6.07) is 18.1. The van der Waals surface area contributed by atoms with E-state index < -0.39 is 16.0 Å². The number of rotatable bonds is 11. The number of anilines is 1. The van der Waals surface area contributed by atoms with Crippen LogP contribution < -0.4 is 4.72 Å². The van der Waals surface area contributed by atoms with Gasteiger partial charge in [0.25, 0.3) is 10.0 Å². The van der Waals surface area contributed by atoms with Crippen LogP contribution in [0, 0.1) is 13.8 Å². The monoisotopic (exact) mass is 599 g/mol. The molecule has 3 heterocycles. The zero-order chi connectivity index (χ0) is 30.6. The van der Waals surface area contributed by atoms with Crippen LogP contribution in [0.25, 0.3) is 22.5 Å². The van der Waals surface area contributed by atoms with Gasteiger partial charge >= 0.3 is 5.97 Å². The SMILES string of the molecule is CCCCc1nc(-c2ccc(C(=O)OC)cn2)cn1Cc1ccc(-c2ccccc2S(=O)(=O)Nc2noc(C)c2C)cc1. The number of esters is 1. The molecule has 222 valence electrons. The van der Waals surface area contributed by atoms with E-state index in [4.69, 9.17) is 14.2 Å². The summed E-state index contributed by atoms with van der Waals surface area (Å²) in [6.07, 6.45) is 6.32. The molecule has 0 saturated carbocycles. The maximum atomic E-state index is 13.3. The third kappa shape index (κ3) is 6.51. The number of hydrogen-bond donors (Lipinski definition) is 1. The van der Waals surface area contributed by atoms with Crippen molar-refractivity contribution in [2.75, 3.05) is 11.8 Å². The van der Waals surface area contributed by atoms with Crippen LogP contribution in [0.4, 0.5) is 5.82 Å². The lowest BCUT2D eigenvalue weighted by Crippen LogP contribution is -2.15. The Bertz CT molecular complexity index is 1840. The average molecular weight is 600 g/mol. The van der Waals surface area contributed by atoms with Gasteiger partial charge in [-0.15, -0.1) is 0 Å². The number of aryl methyl sites for hydroxylation is 2. The van der Waals surface area contributed by atoms with Crippen LogP contribution in [0.3, 0.4) is 0 Å². The van der Waals surface area contributed by atoms with Crippen molar-refractivity contribution in [1.82, 2.24) is 19.7 Å². The van der Waals surface area contributed by atoms with E-state index in [0.29, 0.717) is 34.7 Å². The number of benzene rings is 2. The number of unbranched alkanes of at least 4 members (excludes halogenated alkanes) is 1. The average Bonchev–Trinajstić information content (AvgIpc) is 3.57. The van der Waals surface area contributed by atoms with Crippen molar-refractivity contribution >= 4 is 21.8 Å². The smallest absolute Gasteiger partial charge is 0.339 e. The molecule has 5 aromatic rings. The first-order chi connectivity index (χ1) is 20.7. The van der Waals surface area contributed by atoms with Crippen LogP contribution in [0.5, 0.6) is 0 Å². The molecule has 2 aromatic carbocycles. The second kappa shape index (κ2) is 12.6. The van der Waals surface area contributed by atoms with Crippen LogP contribution in [-0.4, -0.2) is 41.2 Å². The number of pyridine rings is 1. The highest BCUT2D eigenvalue weighted by atomic mass is 32.2. The summed E-state index contributed by atoms with van der Waals surface area (Å²) in [5, 5.41) is 3.85. The molecular weight excluding hydrogens is 566 g/mol. The molecule has 3 aromatic heterocycles. The van der Waals surface area contributed by atoms with Gasteiger partial charge in [-0.25, -0.2) is 18.2 Å². The topological polar surface area (TPSA) is 129 Å². The lowest BCUT2D eigenvalue weighted by Gasteiger charge is -2.13. The first-order valence-electron chi connectivity index (χ1n) is 13.9. The van der Waals surface area contributed by atoms with Crippen LogP contribution in [0.1, 0.15) is 52.8 Å². The first-order valence-corrected chi connectivity index (χ1v) is 15.4. The molecule has 0 saturated heterocycles. The zero-order valence-electron chi connectivity index (χ0n) is 24.5. The fourth-order valence-corrected chi connectivity index (χ4v) is 5.94. The summed E-state index contributed by atoms with van der Waals surface area (Å²) in [5.74, 6) is 1.24. The molecule has 1 N–H and O–H groups in total. The van der Waals surface area contributed by atoms with E-state index in [9.17, 15) is 13.2 Å². The second-order valence-corrected chi connectivity index (χ2v) is 11.9. The molecule has 0 aliphatic heterocycles. The molecule has 0 atom stereocenters. The van der Waals surface area contributed by atoms with E-state index >= 15 is 0 Å². The normalized spacial score (nSPS) is 11.4. The second-order valence-electron chi connectivity index (χ2n) is 10.2. The van der Waals surface area contributed by atoms with Gasteiger partial charge in [0.15, 0.2) is 5.82 Å². The number of hydrogen-bond acceptors (Lipinski definition) is 8. The van der Waals surface area contributed by atoms with Gasteiger partial charge in [0, 0.05) is 36.5 Å². The molecule has 0 fully saturated rings. The van der Waals surface area contributed by atoms with Gasteiger partial charge in [0.1, 0.15) is 17.3 Å². The van der Waals surface area contributed by atoms with Gasteiger partial charge < -0.3 is 13.8 Å². The highest BCUT2D eigenvalue weighted by molar-refractivity contribution is 7.92. The Kier molecular flexibility index (Phi) is 8.72. The number of carbonyl (C=O) groups is 1. The highest BCUT2D eigenvalue weighted by Gasteiger charge is 2.22. The van der Waals surface area contributed by atoms with Crippen molar-refractivity contribution in [1.29, 1.82) is 0 Å². The molecule has 0 aliphatic carbocycles. The maximum Gasteiger partial charge on any atom is 0.339 e. The van der Waals surface area contributed by atoms with Gasteiger partial charge in [-0.1, -0.05) is 61.0 Å². The Morgan fingerprint density at radius 2 is 1.79 bits per heavy atom. The van der Waals surface area contributed by atoms with E-state index in [1.54, 1.807) is 44.2 Å². The fourth-order valence-electron chi connectivity index (χ4n) is 4.65. The Hall–Kier alpha value is -4.77. The molecule has 0 radical (unpaired) electrons. The van der Waals surface area contributed by atoms with E-state index in [1.165, 1.54) is 13.3 Å². The summed E-state index contributed by atoms with van der Waals surface area (Å²) in [6.45, 7) is 6.20. The minimum atomic E-state index is -3.92. The Labute approximate surface area is 250 Å². The summed E-state index contributed by atoms with van der Waals surface area (Å²) < 4.78 is 41.2. The van der Waals surface area contributed by atoms with Crippen LogP contribution in [0.15, 0.2) is 82.5 Å². The quantitative estimate of drug-likeness (QED) is 0.178. The number of carbonyl (C=O) groups excluding carboxylic acids is 1. The maximum absolute atomic E-state index is 13.3. The minimum Gasteiger partial charge on any atom is -0.465 e. The van der Waals surface area contributed by atoms with Crippen molar-refractivity contribution < 1.29 is 22.5 Å². The Morgan fingerprint density at radius 3 is 2.44 bits per heavy atom. The predicted octanol–water partition coefficient (Wildman–Crippen LogP) is 6.20. The summed E-state index contributed by atoms with van der Waals surface area (Å²) in [7, 11) is -2.59.